The minimum atomic E-state index is -0.154. The number of thiophene rings is 1. The fourth-order valence-electron chi connectivity index (χ4n) is 1.92. The van der Waals surface area contributed by atoms with Gasteiger partial charge in [0.05, 0.1) is 5.69 Å². The van der Waals surface area contributed by atoms with Gasteiger partial charge in [-0.15, -0.1) is 23.7 Å². The topological polar surface area (TPSA) is 55.1 Å². The summed E-state index contributed by atoms with van der Waals surface area (Å²) in [5.74, 6) is 2.38. The van der Waals surface area contributed by atoms with Crippen LogP contribution in [0.3, 0.4) is 0 Å². The van der Waals surface area contributed by atoms with E-state index < -0.39 is 0 Å². The van der Waals surface area contributed by atoms with Gasteiger partial charge in [0.15, 0.2) is 0 Å². The standard InChI is InChI=1S/C15H16N2OS/c1-4-5-10(3)17-15(18)14-13(16)11-8-9(2)6-7-12(11)19-14/h1,6-8,10H,5,16H2,2-3H3,(H,17,18). The van der Waals surface area contributed by atoms with Crippen molar-refractivity contribution in [1.29, 1.82) is 0 Å². The monoisotopic (exact) mass is 272 g/mol. The highest BCUT2D eigenvalue weighted by molar-refractivity contribution is 7.21. The van der Waals surface area contributed by atoms with Crippen LogP contribution in [0.25, 0.3) is 10.1 Å². The molecule has 3 N–H and O–H groups in total. The lowest BCUT2D eigenvalue weighted by Crippen LogP contribution is -2.32. The number of aryl methyl sites for hydroxylation is 1. The van der Waals surface area contributed by atoms with E-state index in [1.54, 1.807) is 0 Å². The zero-order valence-electron chi connectivity index (χ0n) is 11.0. The molecular formula is C15H16N2OS. The minimum absolute atomic E-state index is 0.0520. The Bertz CT molecular complexity index is 667. The van der Waals surface area contributed by atoms with Crippen LogP contribution in [0.4, 0.5) is 5.69 Å². The van der Waals surface area contributed by atoms with Gasteiger partial charge in [-0.25, -0.2) is 0 Å². The zero-order chi connectivity index (χ0) is 14.0. The third-order valence-electron chi connectivity index (χ3n) is 2.89. The number of carbonyl (C=O) groups excluding carboxylic acids is 1. The molecule has 4 heteroatoms. The van der Waals surface area contributed by atoms with Gasteiger partial charge in [-0.1, -0.05) is 11.6 Å². The van der Waals surface area contributed by atoms with Crippen molar-refractivity contribution < 1.29 is 4.79 Å². The molecule has 1 unspecified atom stereocenters. The summed E-state index contributed by atoms with van der Waals surface area (Å²) in [5, 5.41) is 3.81. The number of hydrogen-bond donors (Lipinski definition) is 2. The molecule has 0 spiro atoms. The predicted octanol–water partition coefficient (Wildman–Crippen LogP) is 2.93. The molecule has 0 radical (unpaired) electrons. The van der Waals surface area contributed by atoms with E-state index in [4.69, 9.17) is 12.2 Å². The van der Waals surface area contributed by atoms with Crippen LogP contribution in [-0.2, 0) is 0 Å². The fraction of sp³-hybridized carbons (Fsp3) is 0.267. The molecule has 0 aliphatic heterocycles. The number of hydrogen-bond acceptors (Lipinski definition) is 3. The van der Waals surface area contributed by atoms with Crippen molar-refractivity contribution in [3.8, 4) is 12.3 Å². The summed E-state index contributed by atoms with van der Waals surface area (Å²) in [6.45, 7) is 3.89. The summed E-state index contributed by atoms with van der Waals surface area (Å²) in [4.78, 5) is 12.7. The van der Waals surface area contributed by atoms with Crippen molar-refractivity contribution in [3.63, 3.8) is 0 Å². The van der Waals surface area contributed by atoms with Gasteiger partial charge in [0.1, 0.15) is 4.88 Å². The van der Waals surface area contributed by atoms with Gasteiger partial charge in [-0.05, 0) is 26.0 Å². The first-order valence-corrected chi connectivity index (χ1v) is 6.87. The van der Waals surface area contributed by atoms with E-state index in [1.807, 2.05) is 32.0 Å². The van der Waals surface area contributed by atoms with Crippen LogP contribution >= 0.6 is 11.3 Å². The second kappa shape index (κ2) is 5.33. The molecule has 2 aromatic rings. The molecule has 1 amide bonds. The molecular weight excluding hydrogens is 256 g/mol. The molecule has 1 aromatic carbocycles. The lowest BCUT2D eigenvalue weighted by molar-refractivity contribution is 0.0946. The second-order valence-electron chi connectivity index (χ2n) is 4.63. The van der Waals surface area contributed by atoms with Gasteiger partial charge < -0.3 is 11.1 Å². The van der Waals surface area contributed by atoms with Gasteiger partial charge in [-0.3, -0.25) is 4.79 Å². The Hall–Kier alpha value is -1.99. The maximum absolute atomic E-state index is 12.2. The highest BCUT2D eigenvalue weighted by Crippen LogP contribution is 2.34. The van der Waals surface area contributed by atoms with Crippen molar-refractivity contribution in [2.24, 2.45) is 0 Å². The molecule has 0 fully saturated rings. The summed E-state index contributed by atoms with van der Waals surface area (Å²) in [5.41, 5.74) is 7.75. The second-order valence-corrected chi connectivity index (χ2v) is 5.68. The van der Waals surface area contributed by atoms with E-state index in [2.05, 4.69) is 11.2 Å². The number of fused-ring (bicyclic) bond motifs is 1. The summed E-state index contributed by atoms with van der Waals surface area (Å²) >= 11 is 1.41. The van der Waals surface area contributed by atoms with E-state index in [0.717, 1.165) is 15.6 Å². The molecule has 0 saturated heterocycles. The number of carbonyl (C=O) groups is 1. The van der Waals surface area contributed by atoms with E-state index >= 15 is 0 Å². The van der Waals surface area contributed by atoms with E-state index in [0.29, 0.717) is 17.0 Å². The van der Waals surface area contributed by atoms with Gasteiger partial charge in [-0.2, -0.15) is 0 Å². The smallest absolute Gasteiger partial charge is 0.263 e. The van der Waals surface area contributed by atoms with Crippen LogP contribution in [0.15, 0.2) is 18.2 Å². The van der Waals surface area contributed by atoms with Gasteiger partial charge in [0.2, 0.25) is 0 Å². The molecule has 0 saturated carbocycles. The highest BCUT2D eigenvalue weighted by atomic mass is 32.1. The maximum Gasteiger partial charge on any atom is 0.263 e. The van der Waals surface area contributed by atoms with Crippen LogP contribution in [0.5, 0.6) is 0 Å². The molecule has 1 heterocycles. The molecule has 98 valence electrons. The van der Waals surface area contributed by atoms with Crippen LogP contribution in [0, 0.1) is 19.3 Å². The summed E-state index contributed by atoms with van der Waals surface area (Å²) in [6, 6.07) is 5.96. The lowest BCUT2D eigenvalue weighted by atomic mass is 10.1. The Labute approximate surface area is 116 Å². The van der Waals surface area contributed by atoms with Gasteiger partial charge in [0.25, 0.3) is 5.91 Å². The lowest BCUT2D eigenvalue weighted by Gasteiger charge is -2.09. The van der Waals surface area contributed by atoms with Gasteiger partial charge in [0, 0.05) is 22.5 Å². The third kappa shape index (κ3) is 2.72. The Kier molecular flexibility index (Phi) is 3.77. The number of rotatable bonds is 3. The Morgan fingerprint density at radius 1 is 1.58 bits per heavy atom. The van der Waals surface area contributed by atoms with Crippen molar-refractivity contribution in [2.75, 3.05) is 5.73 Å². The largest absolute Gasteiger partial charge is 0.397 e. The van der Waals surface area contributed by atoms with Crippen molar-refractivity contribution in [1.82, 2.24) is 5.32 Å². The van der Waals surface area contributed by atoms with Crippen LogP contribution in [-0.4, -0.2) is 11.9 Å². The number of terminal acetylenes is 1. The fourth-order valence-corrected chi connectivity index (χ4v) is 2.92. The normalized spacial score (nSPS) is 12.1. The minimum Gasteiger partial charge on any atom is -0.397 e. The van der Waals surface area contributed by atoms with Crippen molar-refractivity contribution >= 4 is 33.0 Å². The quantitative estimate of drug-likeness (QED) is 0.844. The number of amides is 1. The first kappa shape index (κ1) is 13.4. The van der Waals surface area contributed by atoms with Crippen LogP contribution < -0.4 is 11.1 Å². The molecule has 0 bridgehead atoms. The average Bonchev–Trinajstić information content (AvgIpc) is 2.67. The number of benzene rings is 1. The average molecular weight is 272 g/mol. The maximum atomic E-state index is 12.2. The highest BCUT2D eigenvalue weighted by Gasteiger charge is 2.17. The van der Waals surface area contributed by atoms with E-state index in [-0.39, 0.29) is 11.9 Å². The Morgan fingerprint density at radius 2 is 2.32 bits per heavy atom. The number of nitrogens with two attached hydrogens (primary N) is 1. The summed E-state index contributed by atoms with van der Waals surface area (Å²) in [6.07, 6.45) is 5.74. The summed E-state index contributed by atoms with van der Waals surface area (Å²) in [7, 11) is 0. The molecule has 0 aliphatic rings. The molecule has 1 aromatic heterocycles. The van der Waals surface area contributed by atoms with Crippen LogP contribution in [0.2, 0.25) is 0 Å². The molecule has 0 aliphatic carbocycles. The van der Waals surface area contributed by atoms with E-state index in [1.165, 1.54) is 11.3 Å². The van der Waals surface area contributed by atoms with Crippen LogP contribution in [0.1, 0.15) is 28.6 Å². The molecule has 1 atom stereocenters. The first-order chi connectivity index (χ1) is 9.02. The molecule has 3 nitrogen and oxygen atoms in total. The Balaban J connectivity index is 2.33. The third-order valence-corrected chi connectivity index (χ3v) is 4.07. The first-order valence-electron chi connectivity index (χ1n) is 6.06. The molecule has 19 heavy (non-hydrogen) atoms. The van der Waals surface area contributed by atoms with E-state index in [9.17, 15) is 4.79 Å². The number of anilines is 1. The number of nitrogens with one attached hydrogen (secondary N) is 1. The SMILES string of the molecule is C#CCC(C)NC(=O)c1sc2ccc(C)cc2c1N. The predicted molar refractivity (Wildman–Crippen MR) is 81.4 cm³/mol. The molecule has 2 rings (SSSR count). The van der Waals surface area contributed by atoms with Crippen molar-refractivity contribution in [3.05, 3.63) is 28.6 Å². The summed E-state index contributed by atoms with van der Waals surface area (Å²) < 4.78 is 1.03. The number of nitrogen functional groups attached to an aromatic ring is 1. The Morgan fingerprint density at radius 3 is 3.00 bits per heavy atom. The zero-order valence-corrected chi connectivity index (χ0v) is 11.8. The van der Waals surface area contributed by atoms with Gasteiger partial charge >= 0.3 is 0 Å². The van der Waals surface area contributed by atoms with Crippen molar-refractivity contribution in [2.45, 2.75) is 26.3 Å².